The quantitative estimate of drug-likeness (QED) is 0.616. The highest BCUT2D eigenvalue weighted by molar-refractivity contribution is 5.78. The van der Waals surface area contributed by atoms with Crippen LogP contribution in [0.25, 0.3) is 0 Å². The molecule has 1 aromatic heterocycles. The number of rotatable bonds is 3. The molecule has 1 heterocycles. The summed E-state index contributed by atoms with van der Waals surface area (Å²) in [5.74, 6) is 0.351. The van der Waals surface area contributed by atoms with E-state index in [1.165, 1.54) is 7.11 Å². The van der Waals surface area contributed by atoms with Crippen LogP contribution in [0.5, 0.6) is 0 Å². The first-order valence-electron chi connectivity index (χ1n) is 4.41. The minimum absolute atomic E-state index is 0.233. The number of hydrogen-bond donors (Lipinski definition) is 3. The Morgan fingerprint density at radius 3 is 2.73 bits per heavy atom. The Hall–Kier alpha value is -1.98. The van der Waals surface area contributed by atoms with E-state index in [1.807, 2.05) is 0 Å². The lowest BCUT2D eigenvalue weighted by Crippen LogP contribution is -2.27. The Bertz CT molecular complexity index is 367. The molecule has 0 saturated heterocycles. The lowest BCUT2D eigenvalue weighted by Gasteiger charge is -2.12. The Kier molecular flexibility index (Phi) is 3.33. The third-order valence-electron chi connectivity index (χ3n) is 1.88. The summed E-state index contributed by atoms with van der Waals surface area (Å²) in [6.07, 6.45) is 0. The van der Waals surface area contributed by atoms with Crippen molar-refractivity contribution >= 4 is 23.3 Å². The van der Waals surface area contributed by atoms with Gasteiger partial charge in [-0.2, -0.15) is 0 Å². The molecule has 1 aromatic rings. The number of ether oxygens (including phenoxy) is 1. The van der Waals surface area contributed by atoms with Gasteiger partial charge in [-0.25, -0.2) is 9.78 Å². The normalized spacial score (nSPS) is 11.9. The van der Waals surface area contributed by atoms with Crippen molar-refractivity contribution in [1.82, 2.24) is 4.98 Å². The minimum Gasteiger partial charge on any atom is -0.467 e. The average molecular weight is 210 g/mol. The van der Waals surface area contributed by atoms with Crippen LogP contribution < -0.4 is 16.8 Å². The summed E-state index contributed by atoms with van der Waals surface area (Å²) >= 11 is 0. The zero-order chi connectivity index (χ0) is 11.4. The highest BCUT2D eigenvalue weighted by Crippen LogP contribution is 2.15. The van der Waals surface area contributed by atoms with Crippen LogP contribution in [0.3, 0.4) is 0 Å². The summed E-state index contributed by atoms with van der Waals surface area (Å²) in [6, 6.07) is 2.78. The first-order chi connectivity index (χ1) is 7.04. The van der Waals surface area contributed by atoms with E-state index in [1.54, 1.807) is 19.1 Å². The number of carbonyl (C=O) groups is 1. The number of pyridine rings is 1. The predicted octanol–water partition coefficient (Wildman–Crippen LogP) is 0.219. The van der Waals surface area contributed by atoms with Gasteiger partial charge in [0.1, 0.15) is 17.7 Å². The topological polar surface area (TPSA) is 103 Å². The van der Waals surface area contributed by atoms with Crippen LogP contribution in [0.4, 0.5) is 17.3 Å². The Balaban J connectivity index is 2.73. The van der Waals surface area contributed by atoms with Crippen LogP contribution in [-0.2, 0) is 9.53 Å². The van der Waals surface area contributed by atoms with E-state index in [0.717, 1.165) is 0 Å². The lowest BCUT2D eigenvalue weighted by molar-refractivity contribution is -0.141. The van der Waals surface area contributed by atoms with E-state index in [0.29, 0.717) is 11.5 Å². The summed E-state index contributed by atoms with van der Waals surface area (Å²) in [5, 5.41) is 2.84. The number of anilines is 3. The van der Waals surface area contributed by atoms with Gasteiger partial charge in [-0.3, -0.25) is 0 Å². The number of esters is 1. The van der Waals surface area contributed by atoms with Gasteiger partial charge < -0.3 is 21.5 Å². The SMILES string of the molecule is COC(=O)C(C)Nc1ccc(N)c(N)n1. The van der Waals surface area contributed by atoms with Gasteiger partial charge in [0.25, 0.3) is 0 Å². The second-order valence-corrected chi connectivity index (χ2v) is 3.06. The maximum absolute atomic E-state index is 11.1. The predicted molar refractivity (Wildman–Crippen MR) is 58.2 cm³/mol. The van der Waals surface area contributed by atoms with E-state index in [4.69, 9.17) is 11.5 Å². The monoisotopic (exact) mass is 210 g/mol. The number of hydrogen-bond acceptors (Lipinski definition) is 6. The molecule has 0 aromatic carbocycles. The summed E-state index contributed by atoms with van der Waals surface area (Å²) in [5.41, 5.74) is 11.4. The first kappa shape index (κ1) is 11.1. The zero-order valence-corrected chi connectivity index (χ0v) is 8.65. The molecule has 0 fully saturated rings. The molecule has 0 aliphatic carbocycles. The molecule has 0 bridgehead atoms. The van der Waals surface area contributed by atoms with Crippen LogP contribution in [0.1, 0.15) is 6.92 Å². The van der Waals surface area contributed by atoms with E-state index in [-0.39, 0.29) is 11.8 Å². The minimum atomic E-state index is -0.481. The first-order valence-corrected chi connectivity index (χ1v) is 4.41. The van der Waals surface area contributed by atoms with E-state index >= 15 is 0 Å². The third-order valence-corrected chi connectivity index (χ3v) is 1.88. The molecule has 1 atom stereocenters. The molecule has 0 aliphatic rings. The smallest absolute Gasteiger partial charge is 0.328 e. The highest BCUT2D eigenvalue weighted by atomic mass is 16.5. The summed E-state index contributed by atoms with van der Waals surface area (Å²) in [7, 11) is 1.32. The van der Waals surface area contributed by atoms with Gasteiger partial charge in [0.2, 0.25) is 0 Å². The van der Waals surface area contributed by atoms with Crippen molar-refractivity contribution in [3.8, 4) is 0 Å². The number of nitrogens with two attached hydrogens (primary N) is 2. The van der Waals surface area contributed by atoms with Crippen molar-refractivity contribution in [2.75, 3.05) is 23.9 Å². The molecule has 6 nitrogen and oxygen atoms in total. The number of nitrogens with zero attached hydrogens (tertiary/aromatic N) is 1. The molecule has 0 spiro atoms. The Morgan fingerprint density at radius 1 is 1.53 bits per heavy atom. The number of methoxy groups -OCH3 is 1. The molecule has 0 amide bonds. The van der Waals surface area contributed by atoms with Gasteiger partial charge in [0, 0.05) is 0 Å². The zero-order valence-electron chi connectivity index (χ0n) is 8.65. The molecule has 82 valence electrons. The number of nitrogen functional groups attached to an aromatic ring is 2. The van der Waals surface area contributed by atoms with Gasteiger partial charge in [-0.05, 0) is 19.1 Å². The molecule has 0 radical (unpaired) electrons. The summed E-state index contributed by atoms with van der Waals surface area (Å²) < 4.78 is 4.55. The molecule has 15 heavy (non-hydrogen) atoms. The third kappa shape index (κ3) is 2.73. The van der Waals surface area contributed by atoms with Gasteiger partial charge >= 0.3 is 5.97 Å². The number of nitrogens with one attached hydrogen (secondary N) is 1. The summed E-state index contributed by atoms with van der Waals surface area (Å²) in [6.45, 7) is 1.67. The van der Waals surface area contributed by atoms with Gasteiger partial charge in [-0.1, -0.05) is 0 Å². The second-order valence-electron chi connectivity index (χ2n) is 3.06. The van der Waals surface area contributed by atoms with Crippen molar-refractivity contribution < 1.29 is 9.53 Å². The molecular formula is C9H14N4O2. The van der Waals surface area contributed by atoms with E-state index < -0.39 is 6.04 Å². The van der Waals surface area contributed by atoms with Crippen LogP contribution in [0.15, 0.2) is 12.1 Å². The standard InChI is InChI=1S/C9H14N4O2/c1-5(9(14)15-2)12-7-4-3-6(10)8(11)13-7/h3-5H,10H2,1-2H3,(H3,11,12,13). The lowest BCUT2D eigenvalue weighted by atomic mass is 10.3. The fourth-order valence-electron chi connectivity index (χ4n) is 1.02. The van der Waals surface area contributed by atoms with Crippen LogP contribution in [-0.4, -0.2) is 24.1 Å². The number of carbonyl (C=O) groups excluding carboxylic acids is 1. The van der Waals surface area contributed by atoms with Gasteiger partial charge in [0.05, 0.1) is 12.8 Å². The molecular weight excluding hydrogens is 196 g/mol. The summed E-state index contributed by atoms with van der Waals surface area (Å²) in [4.78, 5) is 15.1. The highest BCUT2D eigenvalue weighted by Gasteiger charge is 2.13. The average Bonchev–Trinajstić information content (AvgIpc) is 2.22. The molecule has 5 N–H and O–H groups in total. The maximum atomic E-state index is 11.1. The Labute approximate surface area is 87.6 Å². The molecule has 6 heteroatoms. The Morgan fingerprint density at radius 2 is 2.20 bits per heavy atom. The maximum Gasteiger partial charge on any atom is 0.328 e. The van der Waals surface area contributed by atoms with E-state index in [2.05, 4.69) is 15.0 Å². The van der Waals surface area contributed by atoms with Gasteiger partial charge in [-0.15, -0.1) is 0 Å². The van der Waals surface area contributed by atoms with Crippen molar-refractivity contribution in [3.05, 3.63) is 12.1 Å². The molecule has 1 rings (SSSR count). The number of aromatic nitrogens is 1. The molecule has 0 saturated carbocycles. The fourth-order valence-corrected chi connectivity index (χ4v) is 1.02. The van der Waals surface area contributed by atoms with Crippen molar-refractivity contribution in [2.45, 2.75) is 13.0 Å². The van der Waals surface area contributed by atoms with Crippen LogP contribution >= 0.6 is 0 Å². The van der Waals surface area contributed by atoms with Crippen LogP contribution in [0.2, 0.25) is 0 Å². The second kappa shape index (κ2) is 4.50. The largest absolute Gasteiger partial charge is 0.467 e. The van der Waals surface area contributed by atoms with Crippen LogP contribution in [0, 0.1) is 0 Å². The van der Waals surface area contributed by atoms with Crippen molar-refractivity contribution in [2.24, 2.45) is 0 Å². The van der Waals surface area contributed by atoms with E-state index in [9.17, 15) is 4.79 Å². The van der Waals surface area contributed by atoms with Crippen molar-refractivity contribution in [1.29, 1.82) is 0 Å². The van der Waals surface area contributed by atoms with Gasteiger partial charge in [0.15, 0.2) is 0 Å². The fraction of sp³-hybridized carbons (Fsp3) is 0.333. The molecule has 0 aliphatic heterocycles. The molecule has 1 unspecified atom stereocenters. The van der Waals surface area contributed by atoms with Crippen molar-refractivity contribution in [3.63, 3.8) is 0 Å².